The number of carbonyl (C=O) groups excluding carboxylic acids is 4. The summed E-state index contributed by atoms with van der Waals surface area (Å²) in [5.41, 5.74) is 0. The quantitative estimate of drug-likeness (QED) is 0.0222. The Kier molecular flexibility index (Phi) is 66.2. The molecule has 0 radical (unpaired) electrons. The third-order valence-corrected chi connectivity index (χ3v) is 19.8. The van der Waals surface area contributed by atoms with Crippen molar-refractivity contribution in [3.8, 4) is 0 Å². The number of carbonyl (C=O) groups is 4. The van der Waals surface area contributed by atoms with Crippen LogP contribution in [0.3, 0.4) is 0 Å². The van der Waals surface area contributed by atoms with E-state index in [4.69, 9.17) is 37.0 Å². The van der Waals surface area contributed by atoms with E-state index in [1.165, 1.54) is 199 Å². The van der Waals surface area contributed by atoms with Gasteiger partial charge in [0.05, 0.1) is 26.4 Å². The first-order valence-corrected chi connectivity index (χ1v) is 42.8. The molecule has 0 aliphatic carbocycles. The number of phosphoric acid groups is 2. The summed E-state index contributed by atoms with van der Waals surface area (Å²) in [6.45, 7) is 11.9. The number of ether oxygens (including phenoxy) is 4. The van der Waals surface area contributed by atoms with Crippen molar-refractivity contribution in [3.05, 3.63) is 0 Å². The van der Waals surface area contributed by atoms with Gasteiger partial charge in [0.25, 0.3) is 0 Å². The highest BCUT2D eigenvalue weighted by Gasteiger charge is 2.30. The predicted molar refractivity (Wildman–Crippen MR) is 391 cm³/mol. The maximum absolute atomic E-state index is 13.1. The van der Waals surface area contributed by atoms with Crippen molar-refractivity contribution in [2.45, 2.75) is 414 Å². The lowest BCUT2D eigenvalue weighted by Crippen LogP contribution is -2.30. The van der Waals surface area contributed by atoms with Crippen LogP contribution in [-0.2, 0) is 65.4 Å². The standard InChI is InChI=1S/C77H150O17P2/c1-8-9-10-11-12-37-44-51-58-74(79)87-64-72(93-77(82)61-54-47-40-33-27-26-30-36-43-50-57-70(6)7)66-91-95(83,84)89-62-71(78)63-90-96(85,86)92-67-73(65-88-75(80)59-52-45-38-31-24-20-17-16-19-23-29-35-42-49-56-69(4)5)94-76(81)60-53-46-39-32-25-21-15-13-14-18-22-28-34-41-48-55-68(2)3/h68-73,78H,8-67H2,1-7H3,(H,83,84)(H,85,86)/t71-,72+,73+/m0/s1. The van der Waals surface area contributed by atoms with Crippen LogP contribution < -0.4 is 0 Å². The van der Waals surface area contributed by atoms with Crippen LogP contribution >= 0.6 is 15.6 Å². The molecule has 17 nitrogen and oxygen atoms in total. The van der Waals surface area contributed by atoms with Crippen LogP contribution in [0.4, 0.5) is 0 Å². The van der Waals surface area contributed by atoms with Crippen LogP contribution in [0.2, 0.25) is 0 Å². The Hall–Kier alpha value is -1.94. The monoisotopic (exact) mass is 1410 g/mol. The van der Waals surface area contributed by atoms with Crippen LogP contribution in [0.1, 0.15) is 395 Å². The minimum atomic E-state index is -4.96. The number of esters is 4. The Morgan fingerprint density at radius 1 is 0.281 bits per heavy atom. The fourth-order valence-corrected chi connectivity index (χ4v) is 13.4. The van der Waals surface area contributed by atoms with Gasteiger partial charge in [-0.15, -0.1) is 0 Å². The Bertz CT molecular complexity index is 1870. The summed E-state index contributed by atoms with van der Waals surface area (Å²) in [5.74, 6) is 0.236. The van der Waals surface area contributed by atoms with E-state index in [1.807, 2.05) is 0 Å². The Balaban J connectivity index is 5.21. The summed E-state index contributed by atoms with van der Waals surface area (Å²) < 4.78 is 68.5. The van der Waals surface area contributed by atoms with E-state index >= 15 is 0 Å². The molecular weight excluding hydrogens is 1260 g/mol. The largest absolute Gasteiger partial charge is 0.472 e. The topological polar surface area (TPSA) is 237 Å². The molecule has 96 heavy (non-hydrogen) atoms. The van der Waals surface area contributed by atoms with Gasteiger partial charge < -0.3 is 33.8 Å². The lowest BCUT2D eigenvalue weighted by atomic mass is 10.0. The summed E-state index contributed by atoms with van der Waals surface area (Å²) >= 11 is 0. The molecule has 0 bridgehead atoms. The summed E-state index contributed by atoms with van der Waals surface area (Å²) in [7, 11) is -9.91. The van der Waals surface area contributed by atoms with E-state index in [9.17, 15) is 43.2 Å². The molecule has 0 fully saturated rings. The number of hydrogen-bond donors (Lipinski definition) is 3. The van der Waals surface area contributed by atoms with Gasteiger partial charge in [0.2, 0.25) is 0 Å². The molecule has 0 aliphatic rings. The molecule has 0 saturated heterocycles. The second-order valence-corrected chi connectivity index (χ2v) is 32.1. The number of aliphatic hydroxyl groups is 1. The van der Waals surface area contributed by atoms with E-state index in [-0.39, 0.29) is 25.7 Å². The summed E-state index contributed by atoms with van der Waals surface area (Å²) in [6, 6.07) is 0. The second kappa shape index (κ2) is 67.5. The van der Waals surface area contributed by atoms with Crippen LogP contribution in [0, 0.1) is 17.8 Å². The fourth-order valence-electron chi connectivity index (χ4n) is 11.8. The van der Waals surface area contributed by atoms with E-state index < -0.39 is 97.5 Å². The molecule has 0 aliphatic heterocycles. The van der Waals surface area contributed by atoms with Gasteiger partial charge in [-0.2, -0.15) is 0 Å². The molecule has 0 aromatic rings. The van der Waals surface area contributed by atoms with Crippen molar-refractivity contribution in [3.63, 3.8) is 0 Å². The van der Waals surface area contributed by atoms with Crippen molar-refractivity contribution in [2.24, 2.45) is 17.8 Å². The summed E-state index contributed by atoms with van der Waals surface area (Å²) in [6.07, 6.45) is 54.1. The summed E-state index contributed by atoms with van der Waals surface area (Å²) in [4.78, 5) is 72.8. The molecule has 0 aromatic carbocycles. The molecule has 0 spiro atoms. The van der Waals surface area contributed by atoms with Crippen LogP contribution in [0.15, 0.2) is 0 Å². The zero-order valence-corrected chi connectivity index (χ0v) is 64.6. The molecule has 5 atom stereocenters. The van der Waals surface area contributed by atoms with E-state index in [2.05, 4.69) is 48.5 Å². The summed E-state index contributed by atoms with van der Waals surface area (Å²) in [5, 5.41) is 10.6. The molecule has 0 saturated carbocycles. The molecule has 3 N–H and O–H groups in total. The van der Waals surface area contributed by atoms with E-state index in [0.717, 1.165) is 114 Å². The molecule has 0 rings (SSSR count). The number of unbranched alkanes of at least 4 members (excludes halogenated alkanes) is 43. The number of rotatable bonds is 75. The van der Waals surface area contributed by atoms with Crippen LogP contribution in [-0.4, -0.2) is 96.7 Å². The highest BCUT2D eigenvalue weighted by molar-refractivity contribution is 7.47. The minimum Gasteiger partial charge on any atom is -0.462 e. The van der Waals surface area contributed by atoms with Crippen LogP contribution in [0.5, 0.6) is 0 Å². The van der Waals surface area contributed by atoms with Gasteiger partial charge in [-0.05, 0) is 43.4 Å². The maximum atomic E-state index is 13.1. The molecule has 19 heteroatoms. The van der Waals surface area contributed by atoms with Crippen LogP contribution in [0.25, 0.3) is 0 Å². The SMILES string of the molecule is CCCCCCCCCCC(=O)OC[C@H](COP(=O)(O)OC[C@H](O)COP(=O)(O)OC[C@@H](COC(=O)CCCCCCCCCCCCCCCCC(C)C)OC(=O)CCCCCCCCCCCCCCCCCC(C)C)OC(=O)CCCCCCCCCCCCC(C)C. The first-order valence-electron chi connectivity index (χ1n) is 39.8. The van der Waals surface area contributed by atoms with E-state index in [0.29, 0.717) is 25.7 Å². The fraction of sp³-hybridized carbons (Fsp3) is 0.948. The Labute approximate surface area is 588 Å². The average molecular weight is 1410 g/mol. The maximum Gasteiger partial charge on any atom is 0.472 e. The Morgan fingerprint density at radius 2 is 0.479 bits per heavy atom. The molecule has 570 valence electrons. The Morgan fingerprint density at radius 3 is 0.708 bits per heavy atom. The molecule has 2 unspecified atom stereocenters. The highest BCUT2D eigenvalue weighted by Crippen LogP contribution is 2.45. The third kappa shape index (κ3) is 70.5. The smallest absolute Gasteiger partial charge is 0.462 e. The zero-order valence-electron chi connectivity index (χ0n) is 62.8. The van der Waals surface area contributed by atoms with E-state index in [1.54, 1.807) is 0 Å². The molecule has 0 heterocycles. The molecular formula is C77H150O17P2. The zero-order chi connectivity index (χ0) is 70.9. The lowest BCUT2D eigenvalue weighted by molar-refractivity contribution is -0.161. The normalized spacial score (nSPS) is 14.1. The molecule has 0 amide bonds. The highest BCUT2D eigenvalue weighted by atomic mass is 31.2. The first-order chi connectivity index (χ1) is 46.2. The molecule has 0 aromatic heterocycles. The minimum absolute atomic E-state index is 0.106. The van der Waals surface area contributed by atoms with Gasteiger partial charge in [0.1, 0.15) is 19.3 Å². The second-order valence-electron chi connectivity index (χ2n) is 29.2. The number of phosphoric ester groups is 2. The van der Waals surface area contributed by atoms with Crippen molar-refractivity contribution in [2.75, 3.05) is 39.6 Å². The third-order valence-electron chi connectivity index (χ3n) is 17.9. The van der Waals surface area contributed by atoms with Gasteiger partial charge in [0, 0.05) is 25.7 Å². The van der Waals surface area contributed by atoms with Crippen molar-refractivity contribution in [1.29, 1.82) is 0 Å². The van der Waals surface area contributed by atoms with Gasteiger partial charge in [0.15, 0.2) is 12.2 Å². The van der Waals surface area contributed by atoms with Gasteiger partial charge >= 0.3 is 39.5 Å². The first kappa shape index (κ1) is 94.1. The lowest BCUT2D eigenvalue weighted by Gasteiger charge is -2.21. The van der Waals surface area contributed by atoms with Gasteiger partial charge in [-0.3, -0.25) is 37.3 Å². The average Bonchev–Trinajstić information content (AvgIpc) is 1.16. The van der Waals surface area contributed by atoms with Crippen molar-refractivity contribution >= 4 is 39.5 Å². The predicted octanol–water partition coefficient (Wildman–Crippen LogP) is 22.6. The number of hydrogen-bond acceptors (Lipinski definition) is 15. The van der Waals surface area contributed by atoms with Crippen molar-refractivity contribution in [1.82, 2.24) is 0 Å². The van der Waals surface area contributed by atoms with Gasteiger partial charge in [-0.25, -0.2) is 9.13 Å². The number of aliphatic hydroxyl groups excluding tert-OH is 1. The van der Waals surface area contributed by atoms with Crippen molar-refractivity contribution < 1.29 is 80.2 Å². The van der Waals surface area contributed by atoms with Gasteiger partial charge in [-0.1, -0.05) is 344 Å².